The molecule has 0 radical (unpaired) electrons. The monoisotopic (exact) mass is 385 g/mol. The van der Waals surface area contributed by atoms with E-state index in [2.05, 4.69) is 10.2 Å². The predicted molar refractivity (Wildman–Crippen MR) is 101 cm³/mol. The van der Waals surface area contributed by atoms with Gasteiger partial charge in [0, 0.05) is 30.5 Å². The van der Waals surface area contributed by atoms with Crippen LogP contribution in [0.25, 0.3) is 0 Å². The van der Waals surface area contributed by atoms with Crippen molar-refractivity contribution in [3.8, 4) is 0 Å². The highest BCUT2D eigenvalue weighted by atomic mass is 16.6. The van der Waals surface area contributed by atoms with Gasteiger partial charge in [0.05, 0.1) is 18.1 Å². The maximum absolute atomic E-state index is 12.0. The van der Waals surface area contributed by atoms with Crippen LogP contribution in [0, 0.1) is 10.1 Å². The quantitative estimate of drug-likeness (QED) is 0.461. The molecule has 9 heteroatoms. The van der Waals surface area contributed by atoms with Crippen LogP contribution >= 0.6 is 0 Å². The third-order valence-corrected chi connectivity index (χ3v) is 4.18. The third kappa shape index (κ3) is 4.83. The van der Waals surface area contributed by atoms with E-state index in [0.29, 0.717) is 18.9 Å². The smallest absolute Gasteiger partial charge is 0.345 e. The Balaban J connectivity index is 1.53. The molecule has 0 spiro atoms. The molecular formula is C19H19N3O6. The lowest BCUT2D eigenvalue weighted by Crippen LogP contribution is -2.36. The Kier molecular flexibility index (Phi) is 6.18. The van der Waals surface area contributed by atoms with Gasteiger partial charge < -0.3 is 19.7 Å². The summed E-state index contributed by atoms with van der Waals surface area (Å²) in [5.74, 6) is -1.46. The van der Waals surface area contributed by atoms with Crippen molar-refractivity contribution in [1.29, 1.82) is 0 Å². The number of morpholine rings is 1. The molecule has 0 atom stereocenters. The van der Waals surface area contributed by atoms with Gasteiger partial charge in [0.2, 0.25) is 0 Å². The molecule has 1 heterocycles. The number of carbonyl (C=O) groups excluding carboxylic acids is 2. The van der Waals surface area contributed by atoms with E-state index in [1.54, 1.807) is 12.1 Å². The number of rotatable bonds is 6. The molecule has 1 N–H and O–H groups in total. The number of hydrogen-bond acceptors (Lipinski definition) is 7. The van der Waals surface area contributed by atoms with Crippen molar-refractivity contribution >= 4 is 28.9 Å². The number of nitro groups is 1. The number of nitrogens with zero attached hydrogens (tertiary/aromatic N) is 2. The number of benzene rings is 2. The minimum atomic E-state index is -0.926. The molecule has 146 valence electrons. The van der Waals surface area contributed by atoms with Gasteiger partial charge in [-0.15, -0.1) is 0 Å². The molecule has 0 aliphatic carbocycles. The van der Waals surface area contributed by atoms with Crippen LogP contribution in [0.3, 0.4) is 0 Å². The SMILES string of the molecule is O=C(COC(=O)c1ccccc1[N+](=O)[O-])Nc1ccc(N2CCOCC2)cc1. The van der Waals surface area contributed by atoms with Gasteiger partial charge in [0.25, 0.3) is 11.6 Å². The van der Waals surface area contributed by atoms with E-state index >= 15 is 0 Å². The van der Waals surface area contributed by atoms with Crippen molar-refractivity contribution in [2.45, 2.75) is 0 Å². The normalized spacial score (nSPS) is 13.6. The van der Waals surface area contributed by atoms with Crippen molar-refractivity contribution in [1.82, 2.24) is 0 Å². The van der Waals surface area contributed by atoms with Crippen molar-refractivity contribution in [2.24, 2.45) is 0 Å². The van der Waals surface area contributed by atoms with Gasteiger partial charge in [-0.25, -0.2) is 4.79 Å². The van der Waals surface area contributed by atoms with Gasteiger partial charge in [0.1, 0.15) is 5.56 Å². The topological polar surface area (TPSA) is 111 Å². The number of anilines is 2. The van der Waals surface area contributed by atoms with Crippen LogP contribution in [-0.4, -0.2) is 49.7 Å². The second-order valence-electron chi connectivity index (χ2n) is 6.04. The Morgan fingerprint density at radius 1 is 1.11 bits per heavy atom. The van der Waals surface area contributed by atoms with Gasteiger partial charge in [-0.1, -0.05) is 12.1 Å². The lowest BCUT2D eigenvalue weighted by atomic mass is 10.2. The molecule has 1 aliphatic rings. The lowest BCUT2D eigenvalue weighted by molar-refractivity contribution is -0.385. The van der Waals surface area contributed by atoms with Gasteiger partial charge in [-0.05, 0) is 30.3 Å². The summed E-state index contributed by atoms with van der Waals surface area (Å²) in [6.07, 6.45) is 0. The van der Waals surface area contributed by atoms with E-state index in [1.165, 1.54) is 24.3 Å². The zero-order valence-corrected chi connectivity index (χ0v) is 15.0. The van der Waals surface area contributed by atoms with E-state index in [0.717, 1.165) is 18.8 Å². The van der Waals surface area contributed by atoms with E-state index in [1.807, 2.05) is 12.1 Å². The average Bonchev–Trinajstić information content (AvgIpc) is 2.73. The fourth-order valence-corrected chi connectivity index (χ4v) is 2.79. The van der Waals surface area contributed by atoms with Crippen molar-refractivity contribution < 1.29 is 24.0 Å². The van der Waals surface area contributed by atoms with E-state index < -0.39 is 23.4 Å². The summed E-state index contributed by atoms with van der Waals surface area (Å²) >= 11 is 0. The first-order valence-electron chi connectivity index (χ1n) is 8.68. The summed E-state index contributed by atoms with van der Waals surface area (Å²) in [7, 11) is 0. The first-order valence-corrected chi connectivity index (χ1v) is 8.68. The number of nitro benzene ring substituents is 1. The van der Waals surface area contributed by atoms with Crippen LogP contribution in [0.15, 0.2) is 48.5 Å². The molecule has 2 aromatic carbocycles. The Morgan fingerprint density at radius 2 is 1.79 bits per heavy atom. The fourth-order valence-electron chi connectivity index (χ4n) is 2.79. The van der Waals surface area contributed by atoms with E-state index in [4.69, 9.17) is 9.47 Å². The lowest BCUT2D eigenvalue weighted by Gasteiger charge is -2.28. The summed E-state index contributed by atoms with van der Waals surface area (Å²) in [6, 6.07) is 12.7. The molecule has 28 heavy (non-hydrogen) atoms. The summed E-state index contributed by atoms with van der Waals surface area (Å²) in [5.41, 5.74) is 1.02. The van der Waals surface area contributed by atoms with Crippen LogP contribution in [0.4, 0.5) is 17.1 Å². The zero-order chi connectivity index (χ0) is 19.9. The molecular weight excluding hydrogens is 366 g/mol. The van der Waals surface area contributed by atoms with E-state index in [-0.39, 0.29) is 11.3 Å². The summed E-state index contributed by atoms with van der Waals surface area (Å²) < 4.78 is 10.2. The zero-order valence-electron chi connectivity index (χ0n) is 15.0. The number of esters is 1. The Bertz CT molecular complexity index is 862. The molecule has 9 nitrogen and oxygen atoms in total. The Morgan fingerprint density at radius 3 is 2.46 bits per heavy atom. The molecule has 0 saturated carbocycles. The number of nitrogens with one attached hydrogen (secondary N) is 1. The van der Waals surface area contributed by atoms with Crippen LogP contribution in [0.1, 0.15) is 10.4 Å². The highest BCUT2D eigenvalue weighted by Crippen LogP contribution is 2.20. The second-order valence-corrected chi connectivity index (χ2v) is 6.04. The second kappa shape index (κ2) is 8.96. The van der Waals surface area contributed by atoms with Crippen LogP contribution < -0.4 is 10.2 Å². The Hall–Kier alpha value is -3.46. The number of ether oxygens (including phenoxy) is 2. The number of carbonyl (C=O) groups is 2. The first-order chi connectivity index (χ1) is 13.5. The number of amides is 1. The number of hydrogen-bond donors (Lipinski definition) is 1. The van der Waals surface area contributed by atoms with Gasteiger partial charge >= 0.3 is 5.97 Å². The maximum Gasteiger partial charge on any atom is 0.345 e. The van der Waals surface area contributed by atoms with Crippen molar-refractivity contribution in [3.05, 3.63) is 64.2 Å². The van der Waals surface area contributed by atoms with Crippen LogP contribution in [-0.2, 0) is 14.3 Å². The largest absolute Gasteiger partial charge is 0.452 e. The van der Waals surface area contributed by atoms with Gasteiger partial charge in [0.15, 0.2) is 6.61 Å². The number of para-hydroxylation sites is 1. The molecule has 3 rings (SSSR count). The van der Waals surface area contributed by atoms with Crippen LogP contribution in [0.5, 0.6) is 0 Å². The minimum Gasteiger partial charge on any atom is -0.452 e. The van der Waals surface area contributed by atoms with Crippen molar-refractivity contribution in [3.63, 3.8) is 0 Å². The van der Waals surface area contributed by atoms with Gasteiger partial charge in [-0.3, -0.25) is 14.9 Å². The highest BCUT2D eigenvalue weighted by Gasteiger charge is 2.21. The molecule has 0 bridgehead atoms. The summed E-state index contributed by atoms with van der Waals surface area (Å²) in [6.45, 7) is 2.45. The average molecular weight is 385 g/mol. The third-order valence-electron chi connectivity index (χ3n) is 4.18. The summed E-state index contributed by atoms with van der Waals surface area (Å²) in [4.78, 5) is 36.5. The first kappa shape index (κ1) is 19.3. The summed E-state index contributed by atoms with van der Waals surface area (Å²) in [5, 5.41) is 13.6. The minimum absolute atomic E-state index is 0.199. The van der Waals surface area contributed by atoms with Crippen LogP contribution in [0.2, 0.25) is 0 Å². The molecule has 1 fully saturated rings. The highest BCUT2D eigenvalue weighted by molar-refractivity contribution is 5.97. The standard InChI is InChI=1S/C19H19N3O6/c23-18(13-28-19(24)16-3-1-2-4-17(16)22(25)26)20-14-5-7-15(8-6-14)21-9-11-27-12-10-21/h1-8H,9-13H2,(H,20,23). The van der Waals surface area contributed by atoms with Gasteiger partial charge in [-0.2, -0.15) is 0 Å². The molecule has 1 aliphatic heterocycles. The molecule has 1 saturated heterocycles. The molecule has 2 aromatic rings. The molecule has 0 aromatic heterocycles. The Labute approximate surface area is 161 Å². The predicted octanol–water partition coefficient (Wildman–Crippen LogP) is 2.23. The fraction of sp³-hybridized carbons (Fsp3) is 0.263. The molecule has 0 unspecified atom stereocenters. The molecule has 1 amide bonds. The maximum atomic E-state index is 12.0. The van der Waals surface area contributed by atoms with Crippen molar-refractivity contribution in [2.75, 3.05) is 43.1 Å². The van der Waals surface area contributed by atoms with E-state index in [9.17, 15) is 19.7 Å².